The van der Waals surface area contributed by atoms with Crippen LogP contribution in [0.1, 0.15) is 40.5 Å². The number of benzene rings is 1. The molecule has 1 fully saturated rings. The lowest BCUT2D eigenvalue weighted by atomic mass is 9.88. The molecular formula is C26H33F2N5O3. The Morgan fingerprint density at radius 1 is 1.08 bits per heavy atom. The smallest absolute Gasteiger partial charge is 0.223 e. The minimum Gasteiger partial charge on any atom is -0.494 e. The largest absolute Gasteiger partial charge is 0.494 e. The lowest BCUT2D eigenvalue weighted by molar-refractivity contribution is 0.0874. The highest BCUT2D eigenvalue weighted by atomic mass is 19.1. The molecule has 1 unspecified atom stereocenters. The highest BCUT2D eigenvalue weighted by molar-refractivity contribution is 5.92. The number of hydrogen-bond donors (Lipinski definition) is 2. The number of aromatic nitrogens is 3. The Bertz CT molecular complexity index is 1210. The van der Waals surface area contributed by atoms with Crippen LogP contribution in [0.25, 0.3) is 22.2 Å². The Hall–Kier alpha value is -3.27. The SMILES string of the molecule is COc1cc(OC)c(F)c(-c2cc3cnc(N[C@H]4CCCOC4)nc3c(NC(C)C(C)(C)C)n2)c1F. The molecule has 2 aromatic heterocycles. The highest BCUT2D eigenvalue weighted by Gasteiger charge is 2.26. The number of fused-ring (bicyclic) bond motifs is 1. The first-order valence-corrected chi connectivity index (χ1v) is 12.0. The van der Waals surface area contributed by atoms with E-state index in [0.717, 1.165) is 19.4 Å². The quantitative estimate of drug-likeness (QED) is 0.443. The number of ether oxygens (including phenoxy) is 3. The van der Waals surface area contributed by atoms with Crippen molar-refractivity contribution in [1.82, 2.24) is 15.0 Å². The van der Waals surface area contributed by atoms with Gasteiger partial charge in [-0.3, -0.25) is 0 Å². The zero-order valence-electron chi connectivity index (χ0n) is 21.5. The van der Waals surface area contributed by atoms with Crippen molar-refractivity contribution in [3.8, 4) is 22.8 Å². The monoisotopic (exact) mass is 501 g/mol. The normalized spacial score (nSPS) is 17.1. The molecule has 1 aliphatic rings. The fourth-order valence-electron chi connectivity index (χ4n) is 3.91. The molecule has 4 rings (SSSR count). The molecule has 1 aliphatic heterocycles. The molecule has 0 bridgehead atoms. The third kappa shape index (κ3) is 5.28. The molecule has 1 saturated heterocycles. The molecule has 0 spiro atoms. The van der Waals surface area contributed by atoms with Crippen LogP contribution >= 0.6 is 0 Å². The van der Waals surface area contributed by atoms with E-state index in [-0.39, 0.29) is 40.3 Å². The standard InChI is InChI=1S/C26H33F2N5O3/c1-14(26(2,3)4)30-24-23-15(12-29-25(33-23)31-16-8-7-9-36-13-16)10-17(32-24)20-21(27)18(34-5)11-19(35-6)22(20)28/h10-12,14,16H,7-9,13H2,1-6H3,(H,30,32)(H,29,31,33)/t14?,16-/m0/s1. The molecule has 3 aromatic rings. The Labute approximate surface area is 209 Å². The van der Waals surface area contributed by atoms with E-state index < -0.39 is 11.6 Å². The number of methoxy groups -OCH3 is 2. The molecule has 36 heavy (non-hydrogen) atoms. The van der Waals surface area contributed by atoms with Crippen LogP contribution in [0.4, 0.5) is 20.5 Å². The maximum absolute atomic E-state index is 15.3. The van der Waals surface area contributed by atoms with E-state index >= 15 is 8.78 Å². The van der Waals surface area contributed by atoms with E-state index in [1.165, 1.54) is 20.3 Å². The van der Waals surface area contributed by atoms with Gasteiger partial charge in [-0.25, -0.2) is 23.7 Å². The van der Waals surface area contributed by atoms with E-state index in [9.17, 15) is 0 Å². The van der Waals surface area contributed by atoms with Crippen LogP contribution in [0.5, 0.6) is 11.5 Å². The lowest BCUT2D eigenvalue weighted by Crippen LogP contribution is -2.31. The fraction of sp³-hybridized carbons (Fsp3) is 0.500. The Morgan fingerprint density at radius 3 is 2.36 bits per heavy atom. The predicted octanol–water partition coefficient (Wildman–Crippen LogP) is 5.42. The molecule has 1 aromatic carbocycles. The van der Waals surface area contributed by atoms with E-state index in [1.807, 2.05) is 6.92 Å². The van der Waals surface area contributed by atoms with Crippen molar-refractivity contribution in [3.63, 3.8) is 0 Å². The summed E-state index contributed by atoms with van der Waals surface area (Å²) >= 11 is 0. The van der Waals surface area contributed by atoms with Crippen molar-refractivity contribution in [2.24, 2.45) is 5.41 Å². The topological polar surface area (TPSA) is 90.4 Å². The molecule has 2 N–H and O–H groups in total. The summed E-state index contributed by atoms with van der Waals surface area (Å²) in [6.45, 7) is 9.64. The van der Waals surface area contributed by atoms with Crippen molar-refractivity contribution in [3.05, 3.63) is 30.0 Å². The number of hydrogen-bond acceptors (Lipinski definition) is 8. The van der Waals surface area contributed by atoms with Gasteiger partial charge < -0.3 is 24.8 Å². The van der Waals surface area contributed by atoms with Gasteiger partial charge in [-0.05, 0) is 31.2 Å². The minimum atomic E-state index is -0.867. The van der Waals surface area contributed by atoms with E-state index in [4.69, 9.17) is 19.2 Å². The van der Waals surface area contributed by atoms with Gasteiger partial charge >= 0.3 is 0 Å². The highest BCUT2D eigenvalue weighted by Crippen LogP contribution is 2.39. The zero-order valence-corrected chi connectivity index (χ0v) is 21.5. The number of nitrogens with zero attached hydrogens (tertiary/aromatic N) is 3. The van der Waals surface area contributed by atoms with Gasteiger partial charge in [0.1, 0.15) is 5.52 Å². The van der Waals surface area contributed by atoms with Gasteiger partial charge in [-0.15, -0.1) is 0 Å². The van der Waals surface area contributed by atoms with Crippen LogP contribution in [-0.4, -0.2) is 54.5 Å². The number of nitrogens with one attached hydrogen (secondary N) is 2. The van der Waals surface area contributed by atoms with Gasteiger partial charge in [0.15, 0.2) is 29.0 Å². The lowest BCUT2D eigenvalue weighted by Gasteiger charge is -2.29. The maximum atomic E-state index is 15.3. The van der Waals surface area contributed by atoms with Crippen LogP contribution in [0.2, 0.25) is 0 Å². The van der Waals surface area contributed by atoms with E-state index in [0.29, 0.717) is 29.3 Å². The number of anilines is 2. The molecule has 10 heteroatoms. The molecule has 0 saturated carbocycles. The average Bonchev–Trinajstić information content (AvgIpc) is 2.84. The fourth-order valence-corrected chi connectivity index (χ4v) is 3.91. The second kappa shape index (κ2) is 10.4. The maximum Gasteiger partial charge on any atom is 0.223 e. The second-order valence-corrected chi connectivity index (χ2v) is 10.1. The van der Waals surface area contributed by atoms with Crippen LogP contribution < -0.4 is 20.1 Å². The minimum absolute atomic E-state index is 0.0314. The van der Waals surface area contributed by atoms with Gasteiger partial charge in [0.25, 0.3) is 0 Å². The zero-order chi connectivity index (χ0) is 26.0. The van der Waals surface area contributed by atoms with E-state index in [1.54, 1.807) is 12.3 Å². The summed E-state index contributed by atoms with van der Waals surface area (Å²) in [5.74, 6) is -1.18. The molecule has 3 heterocycles. The first kappa shape index (κ1) is 25.8. The summed E-state index contributed by atoms with van der Waals surface area (Å²) in [4.78, 5) is 13.8. The first-order chi connectivity index (χ1) is 17.1. The Balaban J connectivity index is 1.86. The van der Waals surface area contributed by atoms with Crippen LogP contribution in [0.15, 0.2) is 18.3 Å². The predicted molar refractivity (Wildman–Crippen MR) is 136 cm³/mol. The van der Waals surface area contributed by atoms with Crippen molar-refractivity contribution >= 4 is 22.7 Å². The van der Waals surface area contributed by atoms with Crippen molar-refractivity contribution in [2.45, 2.75) is 52.6 Å². The molecular weight excluding hydrogens is 468 g/mol. The number of rotatable bonds is 7. The summed E-state index contributed by atoms with van der Waals surface area (Å²) in [5, 5.41) is 7.30. The molecule has 0 radical (unpaired) electrons. The van der Waals surface area contributed by atoms with Crippen LogP contribution in [-0.2, 0) is 4.74 Å². The molecule has 0 amide bonds. The first-order valence-electron chi connectivity index (χ1n) is 12.0. The third-order valence-corrected chi connectivity index (χ3v) is 6.54. The summed E-state index contributed by atoms with van der Waals surface area (Å²) in [6, 6.07) is 2.82. The molecule has 2 atom stereocenters. The molecule has 0 aliphatic carbocycles. The van der Waals surface area contributed by atoms with E-state index in [2.05, 4.69) is 41.4 Å². The summed E-state index contributed by atoms with van der Waals surface area (Å²) in [7, 11) is 2.62. The van der Waals surface area contributed by atoms with Crippen molar-refractivity contribution in [2.75, 3.05) is 38.1 Å². The summed E-state index contributed by atoms with van der Waals surface area (Å²) < 4.78 is 46.4. The van der Waals surface area contributed by atoms with Gasteiger partial charge in [-0.1, -0.05) is 20.8 Å². The second-order valence-electron chi connectivity index (χ2n) is 10.1. The van der Waals surface area contributed by atoms with Gasteiger partial charge in [0.2, 0.25) is 5.95 Å². The number of pyridine rings is 1. The number of halogens is 2. The van der Waals surface area contributed by atoms with Crippen LogP contribution in [0.3, 0.4) is 0 Å². The Morgan fingerprint density at radius 2 is 1.78 bits per heavy atom. The summed E-state index contributed by atoms with van der Waals surface area (Å²) in [5.41, 5.74) is 0.150. The third-order valence-electron chi connectivity index (χ3n) is 6.54. The van der Waals surface area contributed by atoms with Gasteiger partial charge in [-0.2, -0.15) is 0 Å². The Kier molecular flexibility index (Phi) is 7.44. The molecule has 194 valence electrons. The van der Waals surface area contributed by atoms with Gasteiger partial charge in [0, 0.05) is 30.3 Å². The molecule has 8 nitrogen and oxygen atoms in total. The van der Waals surface area contributed by atoms with Gasteiger partial charge in [0.05, 0.1) is 38.1 Å². The summed E-state index contributed by atoms with van der Waals surface area (Å²) in [6.07, 6.45) is 3.55. The van der Waals surface area contributed by atoms with Crippen molar-refractivity contribution in [1.29, 1.82) is 0 Å². The van der Waals surface area contributed by atoms with Crippen LogP contribution in [0, 0.1) is 17.0 Å². The van der Waals surface area contributed by atoms with Crippen molar-refractivity contribution < 1.29 is 23.0 Å². The average molecular weight is 502 g/mol.